The van der Waals surface area contributed by atoms with E-state index in [-0.39, 0.29) is 17.6 Å². The third-order valence-electron chi connectivity index (χ3n) is 4.18. The molecule has 1 aliphatic rings. The molecule has 3 aromatic rings. The molecule has 1 aliphatic heterocycles. The summed E-state index contributed by atoms with van der Waals surface area (Å²) < 4.78 is 37.4. The Labute approximate surface area is 174 Å². The SMILES string of the molecule is O=C(Nc1cnc(N2CCOCC2)c(Cl)c1)c1nnc(Nc2cc(F)ccc2F)o1. The number of benzene rings is 1. The van der Waals surface area contributed by atoms with E-state index in [1.54, 1.807) is 6.07 Å². The van der Waals surface area contributed by atoms with E-state index in [1.807, 2.05) is 4.90 Å². The highest BCUT2D eigenvalue weighted by Gasteiger charge is 2.19. The zero-order chi connectivity index (χ0) is 21.1. The molecule has 3 heterocycles. The van der Waals surface area contributed by atoms with E-state index in [2.05, 4.69) is 25.8 Å². The third-order valence-corrected chi connectivity index (χ3v) is 4.46. The number of aromatic nitrogens is 3. The van der Waals surface area contributed by atoms with E-state index in [0.717, 1.165) is 18.2 Å². The molecule has 0 spiro atoms. The van der Waals surface area contributed by atoms with Crippen molar-refractivity contribution in [3.8, 4) is 0 Å². The number of nitrogens with zero attached hydrogens (tertiary/aromatic N) is 4. The average molecular weight is 437 g/mol. The van der Waals surface area contributed by atoms with Gasteiger partial charge in [0, 0.05) is 19.2 Å². The van der Waals surface area contributed by atoms with Crippen LogP contribution < -0.4 is 15.5 Å². The van der Waals surface area contributed by atoms with Crippen LogP contribution in [0.5, 0.6) is 0 Å². The summed E-state index contributed by atoms with van der Waals surface area (Å²) in [4.78, 5) is 18.6. The molecule has 2 N–H and O–H groups in total. The molecule has 1 fully saturated rings. The van der Waals surface area contributed by atoms with Gasteiger partial charge in [-0.2, -0.15) is 0 Å². The number of morpholine rings is 1. The summed E-state index contributed by atoms with van der Waals surface area (Å²) >= 11 is 6.29. The number of rotatable bonds is 5. The normalized spacial score (nSPS) is 13.9. The zero-order valence-electron chi connectivity index (χ0n) is 15.4. The highest BCUT2D eigenvalue weighted by molar-refractivity contribution is 6.33. The minimum Gasteiger partial charge on any atom is -0.399 e. The van der Waals surface area contributed by atoms with Crippen LogP contribution in [-0.4, -0.2) is 47.4 Å². The zero-order valence-corrected chi connectivity index (χ0v) is 16.1. The Hall–Kier alpha value is -3.31. The first kappa shape index (κ1) is 20.0. The summed E-state index contributed by atoms with van der Waals surface area (Å²) in [5, 5.41) is 12.5. The van der Waals surface area contributed by atoms with Gasteiger partial charge in [0.15, 0.2) is 0 Å². The second-order valence-corrected chi connectivity index (χ2v) is 6.65. The lowest BCUT2D eigenvalue weighted by molar-refractivity contribution is 0.0991. The topological polar surface area (TPSA) is 105 Å². The van der Waals surface area contributed by atoms with Crippen molar-refractivity contribution in [1.82, 2.24) is 15.2 Å². The Morgan fingerprint density at radius 1 is 1.17 bits per heavy atom. The monoisotopic (exact) mass is 436 g/mol. The Balaban J connectivity index is 1.43. The van der Waals surface area contributed by atoms with Crippen LogP contribution in [0.15, 0.2) is 34.9 Å². The smallest absolute Gasteiger partial charge is 0.320 e. The molecule has 156 valence electrons. The maximum Gasteiger partial charge on any atom is 0.320 e. The number of amides is 1. The van der Waals surface area contributed by atoms with Gasteiger partial charge in [-0.15, -0.1) is 5.10 Å². The molecule has 30 heavy (non-hydrogen) atoms. The maximum atomic E-state index is 13.7. The number of ether oxygens (including phenoxy) is 1. The summed E-state index contributed by atoms with van der Waals surface area (Å²) in [5.41, 5.74) is 0.117. The number of anilines is 4. The van der Waals surface area contributed by atoms with E-state index < -0.39 is 17.5 Å². The number of carbonyl (C=O) groups excluding carboxylic acids is 1. The van der Waals surface area contributed by atoms with Crippen molar-refractivity contribution in [2.75, 3.05) is 41.8 Å². The summed E-state index contributed by atoms with van der Waals surface area (Å²) in [5.74, 6) is -1.88. The van der Waals surface area contributed by atoms with Gasteiger partial charge >= 0.3 is 17.8 Å². The molecule has 0 saturated carbocycles. The van der Waals surface area contributed by atoms with Gasteiger partial charge in [0.25, 0.3) is 0 Å². The van der Waals surface area contributed by atoms with Gasteiger partial charge in [0.1, 0.15) is 17.5 Å². The average Bonchev–Trinajstić information content (AvgIpc) is 3.20. The van der Waals surface area contributed by atoms with Crippen LogP contribution in [0.25, 0.3) is 0 Å². The quantitative estimate of drug-likeness (QED) is 0.628. The Morgan fingerprint density at radius 3 is 2.73 bits per heavy atom. The largest absolute Gasteiger partial charge is 0.399 e. The van der Waals surface area contributed by atoms with Crippen LogP contribution in [0, 0.1) is 11.6 Å². The summed E-state index contributed by atoms with van der Waals surface area (Å²) in [6.45, 7) is 2.51. The number of nitrogens with one attached hydrogen (secondary N) is 2. The number of carbonyl (C=O) groups is 1. The Bertz CT molecular complexity index is 1070. The molecule has 4 rings (SSSR count). The fraction of sp³-hybridized carbons (Fsp3) is 0.222. The highest BCUT2D eigenvalue weighted by atomic mass is 35.5. The van der Waals surface area contributed by atoms with Gasteiger partial charge < -0.3 is 24.7 Å². The molecule has 9 nitrogen and oxygen atoms in total. The summed E-state index contributed by atoms with van der Waals surface area (Å²) in [6, 6.07) is 4.11. The minimum atomic E-state index is -0.721. The van der Waals surface area contributed by atoms with E-state index in [9.17, 15) is 13.6 Å². The third kappa shape index (κ3) is 4.47. The van der Waals surface area contributed by atoms with E-state index >= 15 is 0 Å². The number of hydrogen-bond acceptors (Lipinski definition) is 8. The van der Waals surface area contributed by atoms with E-state index in [1.165, 1.54) is 6.20 Å². The van der Waals surface area contributed by atoms with Crippen LogP contribution in [0.4, 0.5) is 32.0 Å². The van der Waals surface area contributed by atoms with Gasteiger partial charge in [0.05, 0.1) is 35.8 Å². The minimum absolute atomic E-state index is 0.208. The fourth-order valence-electron chi connectivity index (χ4n) is 2.77. The first-order valence-electron chi connectivity index (χ1n) is 8.85. The van der Waals surface area contributed by atoms with Crippen molar-refractivity contribution in [3.05, 3.63) is 53.0 Å². The molecule has 1 saturated heterocycles. The van der Waals surface area contributed by atoms with Gasteiger partial charge in [-0.1, -0.05) is 16.7 Å². The molecule has 1 amide bonds. The second-order valence-electron chi connectivity index (χ2n) is 6.24. The van der Waals surface area contributed by atoms with Gasteiger partial charge in [-0.25, -0.2) is 13.8 Å². The van der Waals surface area contributed by atoms with Crippen LogP contribution in [0.1, 0.15) is 10.7 Å². The molecule has 2 aromatic heterocycles. The maximum absolute atomic E-state index is 13.7. The molecule has 0 atom stereocenters. The molecule has 1 aromatic carbocycles. The second kappa shape index (κ2) is 8.59. The Morgan fingerprint density at radius 2 is 1.97 bits per heavy atom. The lowest BCUT2D eigenvalue weighted by Crippen LogP contribution is -2.36. The van der Waals surface area contributed by atoms with Crippen LogP contribution >= 0.6 is 11.6 Å². The van der Waals surface area contributed by atoms with Crippen molar-refractivity contribution < 1.29 is 22.7 Å². The molecule has 0 radical (unpaired) electrons. The van der Waals surface area contributed by atoms with Crippen molar-refractivity contribution in [3.63, 3.8) is 0 Å². The van der Waals surface area contributed by atoms with Crippen LogP contribution in [0.2, 0.25) is 5.02 Å². The standard InChI is InChI=1S/C18H15ClF2N6O3/c19-12-8-11(9-22-15(12)27-3-5-29-6-4-27)23-16(28)17-25-26-18(30-17)24-14-7-10(20)1-2-13(14)21/h1-2,7-9H,3-6H2,(H,23,28)(H,24,26). The van der Waals surface area contributed by atoms with Crippen molar-refractivity contribution in [2.24, 2.45) is 0 Å². The molecule has 0 unspecified atom stereocenters. The molecular formula is C18H15ClF2N6O3. The summed E-state index contributed by atoms with van der Waals surface area (Å²) in [7, 11) is 0. The van der Waals surface area contributed by atoms with Gasteiger partial charge in [0.2, 0.25) is 0 Å². The Kier molecular flexibility index (Phi) is 5.72. The van der Waals surface area contributed by atoms with Crippen molar-refractivity contribution >= 4 is 40.7 Å². The fourth-order valence-corrected chi connectivity index (χ4v) is 3.05. The molecule has 0 bridgehead atoms. The lowest BCUT2D eigenvalue weighted by atomic mass is 10.3. The van der Waals surface area contributed by atoms with E-state index in [4.69, 9.17) is 20.8 Å². The van der Waals surface area contributed by atoms with Crippen molar-refractivity contribution in [1.29, 1.82) is 0 Å². The first-order valence-corrected chi connectivity index (χ1v) is 9.22. The first-order chi connectivity index (χ1) is 14.5. The highest BCUT2D eigenvalue weighted by Crippen LogP contribution is 2.27. The van der Waals surface area contributed by atoms with Gasteiger partial charge in [-0.3, -0.25) is 4.79 Å². The molecular weight excluding hydrogens is 422 g/mol. The number of halogens is 3. The number of hydrogen-bond donors (Lipinski definition) is 2. The predicted octanol–water partition coefficient (Wildman–Crippen LogP) is 3.23. The van der Waals surface area contributed by atoms with Crippen LogP contribution in [0.3, 0.4) is 0 Å². The lowest BCUT2D eigenvalue weighted by Gasteiger charge is -2.28. The van der Waals surface area contributed by atoms with E-state index in [0.29, 0.717) is 42.8 Å². The van der Waals surface area contributed by atoms with Crippen molar-refractivity contribution in [2.45, 2.75) is 0 Å². The predicted molar refractivity (Wildman–Crippen MR) is 104 cm³/mol. The van der Waals surface area contributed by atoms with Gasteiger partial charge in [-0.05, 0) is 18.2 Å². The summed E-state index contributed by atoms with van der Waals surface area (Å²) in [6.07, 6.45) is 1.45. The van der Waals surface area contributed by atoms with Crippen LogP contribution in [-0.2, 0) is 4.74 Å². The molecule has 12 heteroatoms. The molecule has 0 aliphatic carbocycles. The number of pyridine rings is 1.